The molecule has 0 radical (unpaired) electrons. The van der Waals surface area contributed by atoms with Crippen LogP contribution in [-0.4, -0.2) is 53.7 Å². The first-order valence-electron chi connectivity index (χ1n) is 4.03. The molecular formula is C6H11F2NO3S2. The van der Waals surface area contributed by atoms with Crippen LogP contribution in [0.1, 0.15) is 0 Å². The SMILES string of the molecule is O=S1CCN(S(=O)(=O)CC(F)F)CC1. The van der Waals surface area contributed by atoms with Gasteiger partial charge >= 0.3 is 0 Å². The molecule has 0 unspecified atom stereocenters. The summed E-state index contributed by atoms with van der Waals surface area (Å²) in [7, 11) is -4.86. The molecule has 1 aliphatic rings. The van der Waals surface area contributed by atoms with E-state index >= 15 is 0 Å². The van der Waals surface area contributed by atoms with Crippen LogP contribution < -0.4 is 0 Å². The second-order valence-electron chi connectivity index (χ2n) is 2.92. The van der Waals surface area contributed by atoms with Crippen LogP contribution in [-0.2, 0) is 20.8 Å². The summed E-state index contributed by atoms with van der Waals surface area (Å²) in [6, 6.07) is 0. The van der Waals surface area contributed by atoms with Crippen LogP contribution >= 0.6 is 0 Å². The molecule has 0 N–H and O–H groups in total. The molecule has 1 aliphatic heterocycles. The maximum absolute atomic E-state index is 11.9. The summed E-state index contributed by atoms with van der Waals surface area (Å²) in [5.74, 6) is -0.662. The topological polar surface area (TPSA) is 54.5 Å². The average Bonchev–Trinajstić information content (AvgIpc) is 2.02. The van der Waals surface area contributed by atoms with Crippen molar-refractivity contribution in [3.05, 3.63) is 0 Å². The fourth-order valence-electron chi connectivity index (χ4n) is 1.16. The lowest BCUT2D eigenvalue weighted by Gasteiger charge is -2.25. The van der Waals surface area contributed by atoms with Gasteiger partial charge in [-0.1, -0.05) is 0 Å². The van der Waals surface area contributed by atoms with E-state index in [0.29, 0.717) is 0 Å². The third-order valence-corrected chi connectivity index (χ3v) is 4.97. The summed E-state index contributed by atoms with van der Waals surface area (Å²) in [6.45, 7) is 0.170. The molecule has 1 heterocycles. The van der Waals surface area contributed by atoms with Crippen LogP contribution in [0.2, 0.25) is 0 Å². The Morgan fingerprint density at radius 3 is 2.21 bits per heavy atom. The molecule has 0 aromatic carbocycles. The van der Waals surface area contributed by atoms with Gasteiger partial charge in [-0.25, -0.2) is 17.2 Å². The Labute approximate surface area is 83.8 Å². The second kappa shape index (κ2) is 4.63. The van der Waals surface area contributed by atoms with Crippen LogP contribution in [0.25, 0.3) is 0 Å². The monoisotopic (exact) mass is 247 g/mol. The average molecular weight is 247 g/mol. The minimum atomic E-state index is -3.86. The summed E-state index contributed by atoms with van der Waals surface area (Å²) in [4.78, 5) is 0. The first kappa shape index (κ1) is 12.0. The highest BCUT2D eigenvalue weighted by atomic mass is 32.2. The predicted molar refractivity (Wildman–Crippen MR) is 49.2 cm³/mol. The van der Waals surface area contributed by atoms with Crippen molar-refractivity contribution in [3.63, 3.8) is 0 Å². The van der Waals surface area contributed by atoms with E-state index in [1.807, 2.05) is 0 Å². The summed E-state index contributed by atoms with van der Waals surface area (Å²) in [5, 5.41) is 0. The van der Waals surface area contributed by atoms with E-state index in [9.17, 15) is 21.4 Å². The van der Waals surface area contributed by atoms with E-state index in [4.69, 9.17) is 0 Å². The zero-order valence-electron chi connectivity index (χ0n) is 7.36. The Morgan fingerprint density at radius 1 is 1.29 bits per heavy atom. The van der Waals surface area contributed by atoms with Gasteiger partial charge in [0.15, 0.2) is 0 Å². The fourth-order valence-corrected chi connectivity index (χ4v) is 3.72. The number of halogens is 2. The molecule has 0 aromatic rings. The van der Waals surface area contributed by atoms with Crippen molar-refractivity contribution < 1.29 is 21.4 Å². The van der Waals surface area contributed by atoms with Gasteiger partial charge in [-0.2, -0.15) is 4.31 Å². The highest BCUT2D eigenvalue weighted by molar-refractivity contribution is 7.89. The molecule has 0 bridgehead atoms. The van der Waals surface area contributed by atoms with Gasteiger partial charge < -0.3 is 0 Å². The van der Waals surface area contributed by atoms with Crippen molar-refractivity contribution in [3.8, 4) is 0 Å². The van der Waals surface area contributed by atoms with Gasteiger partial charge in [0, 0.05) is 35.4 Å². The van der Waals surface area contributed by atoms with Gasteiger partial charge in [-0.3, -0.25) is 4.21 Å². The van der Waals surface area contributed by atoms with Crippen molar-refractivity contribution in [2.24, 2.45) is 0 Å². The molecule has 1 rings (SSSR count). The molecule has 0 aromatic heterocycles. The lowest BCUT2D eigenvalue weighted by atomic mass is 10.6. The number of rotatable bonds is 3. The quantitative estimate of drug-likeness (QED) is 0.684. The standard InChI is InChI=1S/C6H11F2NO3S2/c7-6(8)5-14(11,12)9-1-3-13(10)4-2-9/h6H,1-5H2. The van der Waals surface area contributed by atoms with E-state index in [2.05, 4.69) is 0 Å². The van der Waals surface area contributed by atoms with Gasteiger partial charge in [0.1, 0.15) is 5.75 Å². The van der Waals surface area contributed by atoms with Crippen LogP contribution in [0.5, 0.6) is 0 Å². The Bertz CT molecular complexity index is 307. The van der Waals surface area contributed by atoms with Crippen LogP contribution in [0, 0.1) is 0 Å². The van der Waals surface area contributed by atoms with E-state index < -0.39 is 33.0 Å². The van der Waals surface area contributed by atoms with Crippen LogP contribution in [0.4, 0.5) is 8.78 Å². The summed E-state index contributed by atoms with van der Waals surface area (Å²) >= 11 is 0. The highest BCUT2D eigenvalue weighted by Crippen LogP contribution is 2.10. The number of nitrogens with zero attached hydrogens (tertiary/aromatic N) is 1. The molecule has 0 aliphatic carbocycles. The summed E-state index contributed by atoms with van der Waals surface area (Å²) in [6.07, 6.45) is -2.85. The molecule has 84 valence electrons. The molecule has 1 saturated heterocycles. The molecule has 0 saturated carbocycles. The first-order chi connectivity index (χ1) is 6.42. The van der Waals surface area contributed by atoms with Crippen molar-refractivity contribution in [2.75, 3.05) is 30.3 Å². The van der Waals surface area contributed by atoms with E-state index in [1.165, 1.54) is 0 Å². The smallest absolute Gasteiger partial charge is 0.253 e. The minimum Gasteiger partial charge on any atom is -0.259 e. The molecule has 0 spiro atoms. The van der Waals surface area contributed by atoms with Crippen molar-refractivity contribution in [2.45, 2.75) is 6.43 Å². The Balaban J connectivity index is 2.60. The molecule has 1 fully saturated rings. The molecule has 8 heteroatoms. The normalized spacial score (nSPS) is 21.6. The van der Waals surface area contributed by atoms with Gasteiger partial charge in [0.05, 0.1) is 0 Å². The summed E-state index contributed by atoms with van der Waals surface area (Å²) in [5.41, 5.74) is 0. The van der Waals surface area contributed by atoms with Crippen molar-refractivity contribution in [1.29, 1.82) is 0 Å². The number of alkyl halides is 2. The van der Waals surface area contributed by atoms with E-state index in [1.54, 1.807) is 0 Å². The van der Waals surface area contributed by atoms with Crippen LogP contribution in [0.3, 0.4) is 0 Å². The van der Waals surface area contributed by atoms with Gasteiger partial charge in [0.2, 0.25) is 10.0 Å². The Morgan fingerprint density at radius 2 is 1.79 bits per heavy atom. The second-order valence-corrected chi connectivity index (χ2v) is 6.63. The molecule has 4 nitrogen and oxygen atoms in total. The maximum atomic E-state index is 11.9. The molecular weight excluding hydrogens is 236 g/mol. The van der Waals surface area contributed by atoms with E-state index in [0.717, 1.165) is 4.31 Å². The largest absolute Gasteiger partial charge is 0.259 e. The molecule has 0 amide bonds. The number of hydrogen-bond acceptors (Lipinski definition) is 3. The molecule has 0 atom stereocenters. The van der Waals surface area contributed by atoms with Gasteiger partial charge in [-0.05, 0) is 0 Å². The third kappa shape index (κ3) is 3.25. The molecule has 14 heavy (non-hydrogen) atoms. The lowest BCUT2D eigenvalue weighted by molar-refractivity contribution is 0.172. The lowest BCUT2D eigenvalue weighted by Crippen LogP contribution is -2.43. The number of sulfonamides is 1. The predicted octanol–water partition coefficient (Wildman–Crippen LogP) is -0.354. The highest BCUT2D eigenvalue weighted by Gasteiger charge is 2.28. The minimum absolute atomic E-state index is 0.0850. The van der Waals surface area contributed by atoms with Gasteiger partial charge in [0.25, 0.3) is 6.43 Å². The van der Waals surface area contributed by atoms with E-state index in [-0.39, 0.29) is 24.6 Å². The first-order valence-corrected chi connectivity index (χ1v) is 7.12. The summed E-state index contributed by atoms with van der Waals surface area (Å²) < 4.78 is 58.2. The zero-order valence-corrected chi connectivity index (χ0v) is 8.99. The third-order valence-electron chi connectivity index (χ3n) is 1.87. The Hall–Kier alpha value is -0.0800. The fraction of sp³-hybridized carbons (Fsp3) is 1.00. The van der Waals surface area contributed by atoms with Crippen molar-refractivity contribution >= 4 is 20.8 Å². The Kier molecular flexibility index (Phi) is 3.96. The maximum Gasteiger partial charge on any atom is 0.253 e. The van der Waals surface area contributed by atoms with Crippen LogP contribution in [0.15, 0.2) is 0 Å². The zero-order chi connectivity index (χ0) is 10.8. The number of hydrogen-bond donors (Lipinski definition) is 0. The van der Waals surface area contributed by atoms with Crippen molar-refractivity contribution in [1.82, 2.24) is 4.31 Å². The van der Waals surface area contributed by atoms with Gasteiger partial charge in [-0.15, -0.1) is 0 Å².